The predicted octanol–water partition coefficient (Wildman–Crippen LogP) is 17.6. The second-order valence-electron chi connectivity index (χ2n) is 37.0. The number of rotatable bonds is 6. The molecule has 0 aromatic heterocycles. The normalized spacial score (nSPS) is 72.0. The second kappa shape index (κ2) is 12.9. The van der Waals surface area contributed by atoms with Gasteiger partial charge in [-0.05, 0) is 429 Å². The van der Waals surface area contributed by atoms with E-state index in [0.29, 0.717) is 0 Å². The van der Waals surface area contributed by atoms with Crippen molar-refractivity contribution in [3.8, 4) is 0 Å². The molecule has 0 saturated heterocycles. The van der Waals surface area contributed by atoms with Crippen LogP contribution >= 0.6 is 0 Å². The molecule has 0 aromatic carbocycles. The highest BCUT2D eigenvalue weighted by atomic mass is 14.9. The molecule has 28 rings (SSSR count). The van der Waals surface area contributed by atoms with Crippen LogP contribution in [0.25, 0.3) is 0 Å². The summed E-state index contributed by atoms with van der Waals surface area (Å²) in [5, 5.41) is 0. The first kappa shape index (κ1) is 41.1. The molecule has 0 heteroatoms. The molecule has 15 atom stereocenters. The first-order valence-corrected chi connectivity index (χ1v) is 34.1. The minimum Gasteiger partial charge on any atom is -0.0475 e. The van der Waals surface area contributed by atoms with Gasteiger partial charge in [-0.15, -0.1) is 0 Å². The van der Waals surface area contributed by atoms with Gasteiger partial charge in [-0.25, -0.2) is 0 Å². The van der Waals surface area contributed by atoms with Crippen LogP contribution in [-0.2, 0) is 0 Å². The van der Waals surface area contributed by atoms with Gasteiger partial charge in [-0.3, -0.25) is 0 Å². The topological polar surface area (TPSA) is 0 Å². The fourth-order valence-corrected chi connectivity index (χ4v) is 37.5. The van der Waals surface area contributed by atoms with Crippen LogP contribution in [-0.4, -0.2) is 0 Å². The fraction of sp³-hybridized carbons (Fsp3) is 1.00. The molecule has 0 aliphatic heterocycles. The van der Waals surface area contributed by atoms with Gasteiger partial charge in [0, 0.05) is 0 Å². The van der Waals surface area contributed by atoms with Crippen molar-refractivity contribution in [1.82, 2.24) is 0 Å². The van der Waals surface area contributed by atoms with Crippen LogP contribution in [0, 0.1) is 192 Å². The van der Waals surface area contributed by atoms with Crippen molar-refractivity contribution in [3.05, 3.63) is 0 Å². The lowest BCUT2D eigenvalue weighted by Crippen LogP contribution is -2.76. The van der Waals surface area contributed by atoms with Crippen LogP contribution in [0.3, 0.4) is 0 Å². The van der Waals surface area contributed by atoms with E-state index in [1.807, 2.05) is 0 Å². The molecule has 28 aliphatic carbocycles. The van der Waals surface area contributed by atoms with E-state index in [2.05, 4.69) is 0 Å². The molecule has 28 bridgehead atoms. The highest BCUT2D eigenvalue weighted by molar-refractivity contribution is 5.30. The Hall–Kier alpha value is 0. The summed E-state index contributed by atoms with van der Waals surface area (Å²) in [6, 6.07) is 0. The van der Waals surface area contributed by atoms with Crippen LogP contribution in [0.1, 0.15) is 238 Å². The van der Waals surface area contributed by atoms with E-state index in [9.17, 15) is 0 Å². The molecule has 0 aromatic rings. The first-order chi connectivity index (χ1) is 34.1. The molecular formula is C70H100. The van der Waals surface area contributed by atoms with E-state index in [0.717, 1.165) is 192 Å². The third-order valence-electron chi connectivity index (χ3n) is 34.1. The van der Waals surface area contributed by atoms with Gasteiger partial charge in [-0.2, -0.15) is 0 Å². The standard InChI is InChI=1S/C70H100/c1-38-2-40-3-39(1)23-64(22-38,24-40)59-54-12-44-7-45(13-54)29-66(59,28-44)60-55-14-46-8-47(15-55)31-67(60,30-46)61-56-16-48-9-49(17-56)33-68(61,32-48)62-57-18-50-10-51(19-57)35-69(62,34-50)63-58-20-52-11-53(21-58)37-70(63,36-52)65-25-41-4-42(26-65)6-43(5-41)27-65/h38-63H,1-37H2. The Balaban J connectivity index is 0.768. The maximum Gasteiger partial charge on any atom is -0.0199 e. The van der Waals surface area contributed by atoms with Crippen molar-refractivity contribution in [2.24, 2.45) is 192 Å². The summed E-state index contributed by atoms with van der Waals surface area (Å²) in [6.45, 7) is 0. The second-order valence-corrected chi connectivity index (χ2v) is 37.0. The van der Waals surface area contributed by atoms with Gasteiger partial charge in [0.15, 0.2) is 0 Å². The molecule has 0 N–H and O–H groups in total. The molecule has 0 spiro atoms. The van der Waals surface area contributed by atoms with E-state index in [-0.39, 0.29) is 0 Å². The van der Waals surface area contributed by atoms with Gasteiger partial charge < -0.3 is 0 Å². The third-order valence-corrected chi connectivity index (χ3v) is 34.1. The lowest BCUT2D eigenvalue weighted by Gasteiger charge is -2.83. The van der Waals surface area contributed by atoms with Gasteiger partial charge >= 0.3 is 0 Å². The van der Waals surface area contributed by atoms with E-state index in [1.54, 1.807) is 238 Å². The highest BCUT2D eigenvalue weighted by Gasteiger charge is 2.81. The quantitative estimate of drug-likeness (QED) is 0.249. The molecule has 28 fully saturated rings. The summed E-state index contributed by atoms with van der Waals surface area (Å²) < 4.78 is 0. The van der Waals surface area contributed by atoms with Crippen molar-refractivity contribution in [1.29, 1.82) is 0 Å². The molecule has 0 nitrogen and oxygen atoms in total. The van der Waals surface area contributed by atoms with Crippen LogP contribution in [0.2, 0.25) is 0 Å². The molecular weight excluding hydrogens is 841 g/mol. The van der Waals surface area contributed by atoms with Crippen molar-refractivity contribution >= 4 is 0 Å². The summed E-state index contributed by atoms with van der Waals surface area (Å²) in [5.74, 6) is 29.7. The molecule has 380 valence electrons. The van der Waals surface area contributed by atoms with Gasteiger partial charge in [-0.1, -0.05) is 0 Å². The SMILES string of the molecule is C1C2CC3CC1CC(C1C4CC5CC(C4)CC1(C1C4CC6CC(C4)CC1(C1C4CC7CC(C4)CC1(C1C4CC8CC(C4)CC1(C1C4CC9CC(C4)CC1(C14CC%10CC(CC(C%10)C1)C4)C9)C8)C7)C6)C5)(C2)C3. The smallest absolute Gasteiger partial charge is 0.0199 e. The van der Waals surface area contributed by atoms with E-state index in [4.69, 9.17) is 0 Å². The van der Waals surface area contributed by atoms with Crippen molar-refractivity contribution in [3.63, 3.8) is 0 Å². The molecule has 0 radical (unpaired) electrons. The molecule has 28 aliphatic rings. The van der Waals surface area contributed by atoms with Gasteiger partial charge in [0.05, 0.1) is 0 Å². The van der Waals surface area contributed by atoms with E-state index < -0.39 is 0 Å². The highest BCUT2D eigenvalue weighted by Crippen LogP contribution is 2.89. The maximum absolute atomic E-state index is 1.80. The molecule has 0 amide bonds. The fourth-order valence-electron chi connectivity index (χ4n) is 37.5. The average molecular weight is 942 g/mol. The van der Waals surface area contributed by atoms with Crippen LogP contribution in [0.15, 0.2) is 0 Å². The minimum atomic E-state index is 0.729. The number of hydrogen-bond acceptors (Lipinski definition) is 0. The summed E-state index contributed by atoms with van der Waals surface area (Å²) in [4.78, 5) is 0. The Morgan fingerprint density at radius 2 is 0.386 bits per heavy atom. The van der Waals surface area contributed by atoms with Crippen molar-refractivity contribution in [2.75, 3.05) is 0 Å². The molecule has 70 heavy (non-hydrogen) atoms. The summed E-state index contributed by atoms with van der Waals surface area (Å²) in [6.07, 6.45) is 64.0. The third kappa shape index (κ3) is 4.77. The molecule has 28 saturated carbocycles. The van der Waals surface area contributed by atoms with E-state index in [1.165, 1.54) is 0 Å². The first-order valence-electron chi connectivity index (χ1n) is 34.1. The summed E-state index contributed by atoms with van der Waals surface area (Å²) in [5.41, 5.74) is 5.25. The predicted molar refractivity (Wildman–Crippen MR) is 279 cm³/mol. The van der Waals surface area contributed by atoms with Crippen LogP contribution < -0.4 is 0 Å². The minimum absolute atomic E-state index is 0.729. The zero-order valence-electron chi connectivity index (χ0n) is 44.7. The summed E-state index contributed by atoms with van der Waals surface area (Å²) in [7, 11) is 0. The largest absolute Gasteiger partial charge is 0.0475 e. The van der Waals surface area contributed by atoms with Crippen LogP contribution in [0.5, 0.6) is 0 Å². The maximum atomic E-state index is 1.80. The lowest BCUT2D eigenvalue weighted by molar-refractivity contribution is -0.343. The Morgan fingerprint density at radius 3 is 0.700 bits per heavy atom. The Labute approximate surface area is 427 Å². The molecule has 0 heterocycles. The van der Waals surface area contributed by atoms with Gasteiger partial charge in [0.25, 0.3) is 0 Å². The Bertz CT molecular complexity index is 2130. The Kier molecular flexibility index (Phi) is 7.61. The zero-order valence-corrected chi connectivity index (χ0v) is 44.7. The average Bonchev–Trinajstić information content (AvgIpc) is 3.26. The summed E-state index contributed by atoms with van der Waals surface area (Å²) >= 11 is 0. The zero-order chi connectivity index (χ0) is 44.7. The van der Waals surface area contributed by atoms with Gasteiger partial charge in [0.1, 0.15) is 0 Å². The lowest BCUT2D eigenvalue weighted by atomic mass is 9.22. The van der Waals surface area contributed by atoms with Crippen LogP contribution in [0.4, 0.5) is 0 Å². The van der Waals surface area contributed by atoms with Crippen molar-refractivity contribution in [2.45, 2.75) is 238 Å². The monoisotopic (exact) mass is 941 g/mol. The molecule has 15 unspecified atom stereocenters. The van der Waals surface area contributed by atoms with Gasteiger partial charge in [0.2, 0.25) is 0 Å². The Morgan fingerprint density at radius 1 is 0.171 bits per heavy atom. The van der Waals surface area contributed by atoms with Crippen molar-refractivity contribution < 1.29 is 0 Å². The van der Waals surface area contributed by atoms with E-state index >= 15 is 0 Å². The number of hydrogen-bond donors (Lipinski definition) is 0.